The van der Waals surface area contributed by atoms with Crippen LogP contribution < -0.4 is 0 Å². The molecular formula is C11H10. The molecule has 0 spiro atoms. The van der Waals surface area contributed by atoms with E-state index in [1.54, 1.807) is 0 Å². The summed E-state index contributed by atoms with van der Waals surface area (Å²) in [6.45, 7) is 2.03. The van der Waals surface area contributed by atoms with Crippen molar-refractivity contribution in [3.63, 3.8) is 0 Å². The molecule has 0 aliphatic carbocycles. The van der Waals surface area contributed by atoms with Crippen LogP contribution in [0, 0.1) is 32.1 Å². The molecule has 0 heterocycles. The van der Waals surface area contributed by atoms with E-state index in [4.69, 9.17) is 6.42 Å². The maximum absolute atomic E-state index is 5.17. The molecule has 0 bridgehead atoms. The molecule has 0 aromatic heterocycles. The Balaban J connectivity index is 0.000000461. The summed E-state index contributed by atoms with van der Waals surface area (Å²) in [5, 5.41) is 0. The Hall–Kier alpha value is -1.66. The van der Waals surface area contributed by atoms with Gasteiger partial charge in [-0.1, -0.05) is 18.1 Å². The Morgan fingerprint density at radius 3 is 2.27 bits per heavy atom. The van der Waals surface area contributed by atoms with Crippen molar-refractivity contribution in [2.24, 2.45) is 0 Å². The first-order chi connectivity index (χ1) is 5.33. The van der Waals surface area contributed by atoms with Crippen LogP contribution in [-0.2, 0) is 0 Å². The topological polar surface area (TPSA) is 0 Å². The average molecular weight is 142 g/mol. The van der Waals surface area contributed by atoms with E-state index in [-0.39, 0.29) is 0 Å². The molecular weight excluding hydrogens is 132 g/mol. The van der Waals surface area contributed by atoms with Crippen molar-refractivity contribution in [2.45, 2.75) is 6.92 Å². The van der Waals surface area contributed by atoms with Crippen molar-refractivity contribution in [2.75, 3.05) is 0 Å². The van der Waals surface area contributed by atoms with Gasteiger partial charge in [-0.2, -0.15) is 0 Å². The second-order valence-electron chi connectivity index (χ2n) is 2.01. The molecule has 0 unspecified atom stereocenters. The van der Waals surface area contributed by atoms with Gasteiger partial charge in [-0.05, 0) is 24.6 Å². The smallest absolute Gasteiger partial charge is 0.0245 e. The van der Waals surface area contributed by atoms with Crippen LogP contribution >= 0.6 is 0 Å². The average Bonchev–Trinajstić information content (AvgIpc) is 2.08. The molecule has 1 aromatic carbocycles. The lowest BCUT2D eigenvalue weighted by Gasteiger charge is -1.90. The highest BCUT2D eigenvalue weighted by Crippen LogP contribution is 2.00. The van der Waals surface area contributed by atoms with Crippen molar-refractivity contribution >= 4 is 0 Å². The third-order valence-electron chi connectivity index (χ3n) is 1.18. The molecule has 0 fully saturated rings. The molecule has 0 amide bonds. The molecule has 0 atom stereocenters. The largest absolute Gasteiger partial charge is 0.124 e. The summed E-state index contributed by atoms with van der Waals surface area (Å²) >= 11 is 0. The van der Waals surface area contributed by atoms with Crippen molar-refractivity contribution < 1.29 is 0 Å². The molecule has 0 aliphatic heterocycles. The van der Waals surface area contributed by atoms with Gasteiger partial charge in [0.1, 0.15) is 0 Å². The summed E-state index contributed by atoms with van der Waals surface area (Å²) in [6.07, 6.45) is 13.2. The highest BCUT2D eigenvalue weighted by Gasteiger charge is 1.83. The fourth-order valence-electron chi connectivity index (χ4n) is 0.735. The number of aryl methyl sites for hydroxylation is 1. The quantitative estimate of drug-likeness (QED) is 0.487. The third kappa shape index (κ3) is 3.14. The van der Waals surface area contributed by atoms with E-state index in [9.17, 15) is 0 Å². The van der Waals surface area contributed by atoms with Crippen LogP contribution in [0.4, 0.5) is 0 Å². The van der Waals surface area contributed by atoms with E-state index < -0.39 is 0 Å². The lowest BCUT2D eigenvalue weighted by molar-refractivity contribution is 1.46. The molecule has 0 radical (unpaired) electrons. The van der Waals surface area contributed by atoms with Crippen LogP contribution in [0.1, 0.15) is 11.1 Å². The summed E-state index contributed by atoms with van der Waals surface area (Å²) in [5.74, 6) is 2.57. The van der Waals surface area contributed by atoms with E-state index in [0.29, 0.717) is 0 Å². The zero-order chi connectivity index (χ0) is 8.69. The Bertz CT molecular complexity index is 274. The van der Waals surface area contributed by atoms with Crippen molar-refractivity contribution in [1.82, 2.24) is 0 Å². The fourth-order valence-corrected chi connectivity index (χ4v) is 0.735. The summed E-state index contributed by atoms with van der Waals surface area (Å²) in [5.41, 5.74) is 2.17. The van der Waals surface area contributed by atoms with Gasteiger partial charge >= 0.3 is 0 Å². The SMILES string of the molecule is C#C.C#Cc1cccc(C)c1. The predicted molar refractivity (Wildman–Crippen MR) is 49.0 cm³/mol. The Kier molecular flexibility index (Phi) is 4.37. The lowest BCUT2D eigenvalue weighted by Crippen LogP contribution is -1.73. The van der Waals surface area contributed by atoms with Gasteiger partial charge in [0.15, 0.2) is 0 Å². The number of rotatable bonds is 0. The van der Waals surface area contributed by atoms with Gasteiger partial charge in [0, 0.05) is 5.56 Å². The summed E-state index contributed by atoms with van der Waals surface area (Å²) < 4.78 is 0. The zero-order valence-corrected chi connectivity index (χ0v) is 6.54. The molecule has 0 saturated carbocycles. The maximum atomic E-state index is 5.17. The second kappa shape index (κ2) is 5.15. The number of hydrogen-bond acceptors (Lipinski definition) is 0. The van der Waals surface area contributed by atoms with Crippen LogP contribution in [0.3, 0.4) is 0 Å². The predicted octanol–water partition coefficient (Wildman–Crippen LogP) is 2.23. The molecule has 0 heteroatoms. The maximum Gasteiger partial charge on any atom is 0.0245 e. The Morgan fingerprint density at radius 1 is 1.27 bits per heavy atom. The normalized spacial score (nSPS) is 7.09. The Morgan fingerprint density at radius 2 is 1.91 bits per heavy atom. The summed E-state index contributed by atoms with van der Waals surface area (Å²) in [4.78, 5) is 0. The minimum Gasteiger partial charge on any atom is -0.124 e. The van der Waals surface area contributed by atoms with Gasteiger partial charge in [0.25, 0.3) is 0 Å². The first kappa shape index (κ1) is 9.34. The molecule has 11 heavy (non-hydrogen) atoms. The standard InChI is InChI=1S/C9H8.C2H2/c1-3-9-6-4-5-8(2)7-9;1-2/h1,4-7H,2H3;1-2H. The lowest BCUT2D eigenvalue weighted by atomic mass is 10.1. The van der Waals surface area contributed by atoms with Crippen LogP contribution in [0.2, 0.25) is 0 Å². The first-order valence-corrected chi connectivity index (χ1v) is 3.19. The molecule has 0 saturated heterocycles. The minimum absolute atomic E-state index is 0.954. The van der Waals surface area contributed by atoms with Gasteiger partial charge in [-0.25, -0.2) is 0 Å². The van der Waals surface area contributed by atoms with Gasteiger partial charge in [0.05, 0.1) is 0 Å². The van der Waals surface area contributed by atoms with Crippen molar-refractivity contribution in [3.8, 4) is 25.2 Å². The molecule has 0 nitrogen and oxygen atoms in total. The van der Waals surface area contributed by atoms with E-state index in [1.807, 2.05) is 31.2 Å². The molecule has 54 valence electrons. The highest BCUT2D eigenvalue weighted by atomic mass is 13.9. The zero-order valence-electron chi connectivity index (χ0n) is 6.54. The second-order valence-corrected chi connectivity index (χ2v) is 2.01. The number of hydrogen-bond donors (Lipinski definition) is 0. The van der Waals surface area contributed by atoms with Crippen molar-refractivity contribution in [1.29, 1.82) is 0 Å². The number of benzene rings is 1. The summed E-state index contributed by atoms with van der Waals surface area (Å²) in [7, 11) is 0. The van der Waals surface area contributed by atoms with Gasteiger partial charge < -0.3 is 0 Å². The van der Waals surface area contributed by atoms with Crippen LogP contribution in [0.25, 0.3) is 0 Å². The fraction of sp³-hybridized carbons (Fsp3) is 0.0909. The number of terminal acetylenes is 2. The summed E-state index contributed by atoms with van der Waals surface area (Å²) in [6, 6.07) is 7.90. The monoisotopic (exact) mass is 142 g/mol. The minimum atomic E-state index is 0.954. The van der Waals surface area contributed by atoms with Crippen LogP contribution in [0.5, 0.6) is 0 Å². The van der Waals surface area contributed by atoms with Gasteiger partial charge in [0.2, 0.25) is 0 Å². The van der Waals surface area contributed by atoms with E-state index >= 15 is 0 Å². The van der Waals surface area contributed by atoms with Crippen LogP contribution in [0.15, 0.2) is 24.3 Å². The molecule has 1 aromatic rings. The first-order valence-electron chi connectivity index (χ1n) is 3.19. The van der Waals surface area contributed by atoms with E-state index in [2.05, 4.69) is 18.8 Å². The van der Waals surface area contributed by atoms with Crippen molar-refractivity contribution in [3.05, 3.63) is 35.4 Å². The van der Waals surface area contributed by atoms with E-state index in [0.717, 1.165) is 5.56 Å². The van der Waals surface area contributed by atoms with Crippen LogP contribution in [-0.4, -0.2) is 0 Å². The van der Waals surface area contributed by atoms with Gasteiger partial charge in [-0.3, -0.25) is 0 Å². The third-order valence-corrected chi connectivity index (χ3v) is 1.18. The molecule has 0 aliphatic rings. The van der Waals surface area contributed by atoms with Gasteiger partial charge in [-0.15, -0.1) is 19.3 Å². The van der Waals surface area contributed by atoms with E-state index in [1.165, 1.54) is 5.56 Å². The molecule has 0 N–H and O–H groups in total. The molecule has 1 rings (SSSR count). The highest BCUT2D eigenvalue weighted by molar-refractivity contribution is 5.34. The Labute approximate surface area is 68.3 Å².